The van der Waals surface area contributed by atoms with Gasteiger partial charge < -0.3 is 9.88 Å². The van der Waals surface area contributed by atoms with Crippen LogP contribution in [0.15, 0.2) is 0 Å². The number of nitrogens with zero attached hydrogens (tertiary/aromatic N) is 5. The third-order valence-electron chi connectivity index (χ3n) is 3.42. The molecule has 1 atom stereocenters. The fourth-order valence-corrected chi connectivity index (χ4v) is 2.17. The van der Waals surface area contributed by atoms with Crippen LogP contribution in [-0.2, 0) is 19.3 Å². The predicted molar refractivity (Wildman–Crippen MR) is 63.4 cm³/mol. The quantitative estimate of drug-likeness (QED) is 0.882. The maximum Gasteiger partial charge on any atom is 0.451 e. The second kappa shape index (κ2) is 5.03. The number of nitrogens with one attached hydrogen (secondary N) is 1. The zero-order valence-electron chi connectivity index (χ0n) is 11.2. The minimum Gasteiger partial charge on any atom is -0.305 e. The topological polar surface area (TPSA) is 69.8 Å². The number of alkyl halides is 3. The molecule has 1 aromatic rings. The minimum absolute atomic E-state index is 0.169. The van der Waals surface area contributed by atoms with Crippen LogP contribution in [0.25, 0.3) is 0 Å². The van der Waals surface area contributed by atoms with Gasteiger partial charge in [-0.05, 0) is 14.0 Å². The normalized spacial score (nSPS) is 19.2. The molecule has 2 heterocycles. The van der Waals surface area contributed by atoms with Crippen molar-refractivity contribution in [3.63, 3.8) is 0 Å². The fourth-order valence-electron chi connectivity index (χ4n) is 2.17. The summed E-state index contributed by atoms with van der Waals surface area (Å²) in [4.78, 5) is 1.89. The monoisotopic (exact) mass is 288 g/mol. The summed E-state index contributed by atoms with van der Waals surface area (Å²) in [6.07, 6.45) is -4.49. The number of halogens is 3. The van der Waals surface area contributed by atoms with Crippen molar-refractivity contribution < 1.29 is 13.2 Å². The Morgan fingerprint density at radius 3 is 2.60 bits per heavy atom. The van der Waals surface area contributed by atoms with Gasteiger partial charge in [0.05, 0.1) is 12.6 Å². The van der Waals surface area contributed by atoms with Gasteiger partial charge in [0, 0.05) is 19.6 Å². The van der Waals surface area contributed by atoms with Gasteiger partial charge >= 0.3 is 6.18 Å². The maximum absolute atomic E-state index is 12.7. The van der Waals surface area contributed by atoms with Crippen LogP contribution in [0.5, 0.6) is 0 Å². The number of rotatable bonds is 3. The van der Waals surface area contributed by atoms with Gasteiger partial charge in [0.1, 0.15) is 11.4 Å². The third-order valence-corrected chi connectivity index (χ3v) is 3.42. The molecule has 110 valence electrons. The molecule has 1 unspecified atom stereocenters. The number of hydrogen-bond donors (Lipinski definition) is 1. The smallest absolute Gasteiger partial charge is 0.305 e. The highest BCUT2D eigenvalue weighted by Gasteiger charge is 2.40. The van der Waals surface area contributed by atoms with Crippen LogP contribution < -0.4 is 5.32 Å². The SMILES string of the molecule is CNC(C)(C#N)CN1CCn2c(nnc2C(F)(F)F)C1. The van der Waals surface area contributed by atoms with E-state index in [9.17, 15) is 13.2 Å². The molecule has 0 bridgehead atoms. The molecule has 9 heteroatoms. The number of likely N-dealkylation sites (N-methyl/N-ethyl adjacent to an activating group) is 1. The van der Waals surface area contributed by atoms with Crippen LogP contribution in [0.1, 0.15) is 18.6 Å². The lowest BCUT2D eigenvalue weighted by molar-refractivity contribution is -0.148. The molecule has 0 spiro atoms. The van der Waals surface area contributed by atoms with Crippen molar-refractivity contribution in [3.05, 3.63) is 11.6 Å². The number of hydrogen-bond acceptors (Lipinski definition) is 5. The van der Waals surface area contributed by atoms with E-state index in [0.29, 0.717) is 13.1 Å². The van der Waals surface area contributed by atoms with E-state index in [4.69, 9.17) is 5.26 Å². The van der Waals surface area contributed by atoms with Crippen molar-refractivity contribution in [2.45, 2.75) is 31.7 Å². The molecule has 20 heavy (non-hydrogen) atoms. The standard InChI is InChI=1S/C11H15F3N6/c1-10(6-15,16-2)7-19-3-4-20-8(5-19)17-18-9(20)11(12,13)14/h16H,3-5,7H2,1-2H3. The molecule has 0 aromatic carbocycles. The average molecular weight is 288 g/mol. The van der Waals surface area contributed by atoms with Gasteiger partial charge in [-0.2, -0.15) is 18.4 Å². The van der Waals surface area contributed by atoms with Gasteiger partial charge in [-0.1, -0.05) is 0 Å². The second-order valence-corrected chi connectivity index (χ2v) is 4.99. The zero-order valence-corrected chi connectivity index (χ0v) is 11.2. The molecule has 1 N–H and O–H groups in total. The lowest BCUT2D eigenvalue weighted by atomic mass is 10.0. The van der Waals surface area contributed by atoms with Crippen LogP contribution in [0.2, 0.25) is 0 Å². The molecule has 0 fully saturated rings. The molecular weight excluding hydrogens is 273 g/mol. The lowest BCUT2D eigenvalue weighted by Gasteiger charge is -2.33. The lowest BCUT2D eigenvalue weighted by Crippen LogP contribution is -2.50. The molecule has 0 saturated carbocycles. The highest BCUT2D eigenvalue weighted by molar-refractivity contribution is 5.07. The van der Waals surface area contributed by atoms with E-state index in [1.54, 1.807) is 14.0 Å². The Labute approximate surface area is 114 Å². The summed E-state index contributed by atoms with van der Waals surface area (Å²) in [7, 11) is 1.68. The summed E-state index contributed by atoms with van der Waals surface area (Å²) in [5, 5.41) is 18.8. The largest absolute Gasteiger partial charge is 0.451 e. The molecular formula is C11H15F3N6. The van der Waals surface area contributed by atoms with Crippen LogP contribution in [0, 0.1) is 11.3 Å². The summed E-state index contributed by atoms with van der Waals surface area (Å²) in [5.41, 5.74) is -0.741. The van der Waals surface area contributed by atoms with E-state index in [-0.39, 0.29) is 18.9 Å². The number of nitriles is 1. The van der Waals surface area contributed by atoms with E-state index in [0.717, 1.165) is 4.57 Å². The Bertz CT molecular complexity index is 531. The fraction of sp³-hybridized carbons (Fsp3) is 0.727. The van der Waals surface area contributed by atoms with Crippen molar-refractivity contribution in [1.82, 2.24) is 25.0 Å². The summed E-state index contributed by atoms with van der Waals surface area (Å²) >= 11 is 0. The second-order valence-electron chi connectivity index (χ2n) is 4.99. The summed E-state index contributed by atoms with van der Waals surface area (Å²) in [5.74, 6) is -0.677. The van der Waals surface area contributed by atoms with E-state index >= 15 is 0 Å². The van der Waals surface area contributed by atoms with E-state index in [1.165, 1.54) is 0 Å². The Hall–Kier alpha value is -1.66. The Kier molecular flexibility index (Phi) is 3.71. The van der Waals surface area contributed by atoms with Crippen LogP contribution >= 0.6 is 0 Å². The van der Waals surface area contributed by atoms with Gasteiger partial charge in [0.15, 0.2) is 0 Å². The minimum atomic E-state index is -4.49. The van der Waals surface area contributed by atoms with Gasteiger partial charge in [-0.25, -0.2) is 0 Å². The molecule has 1 aromatic heterocycles. The van der Waals surface area contributed by atoms with Crippen molar-refractivity contribution >= 4 is 0 Å². The van der Waals surface area contributed by atoms with Crippen molar-refractivity contribution in [2.75, 3.05) is 20.1 Å². The first-order valence-corrected chi connectivity index (χ1v) is 6.11. The zero-order chi connectivity index (χ0) is 15.0. The summed E-state index contributed by atoms with van der Waals surface area (Å²) in [6, 6.07) is 2.15. The van der Waals surface area contributed by atoms with Crippen LogP contribution in [0.4, 0.5) is 13.2 Å². The van der Waals surface area contributed by atoms with Crippen molar-refractivity contribution in [3.8, 4) is 6.07 Å². The molecule has 0 aliphatic carbocycles. The van der Waals surface area contributed by atoms with Gasteiger partial charge in [-0.3, -0.25) is 4.90 Å². The highest BCUT2D eigenvalue weighted by atomic mass is 19.4. The highest BCUT2D eigenvalue weighted by Crippen LogP contribution is 2.29. The van der Waals surface area contributed by atoms with Crippen molar-refractivity contribution in [2.24, 2.45) is 0 Å². The average Bonchev–Trinajstić information content (AvgIpc) is 2.81. The first-order valence-electron chi connectivity index (χ1n) is 6.11. The summed E-state index contributed by atoms with van der Waals surface area (Å²) in [6.45, 7) is 3.00. The molecule has 0 saturated heterocycles. The molecule has 0 radical (unpaired) electrons. The van der Waals surface area contributed by atoms with E-state index < -0.39 is 17.5 Å². The number of fused-ring (bicyclic) bond motifs is 1. The summed E-state index contributed by atoms with van der Waals surface area (Å²) < 4.78 is 39.2. The molecule has 0 amide bonds. The maximum atomic E-state index is 12.7. The van der Waals surface area contributed by atoms with Gasteiger partial charge in [0.2, 0.25) is 5.82 Å². The Balaban J connectivity index is 2.14. The molecule has 1 aliphatic rings. The molecule has 6 nitrogen and oxygen atoms in total. The Morgan fingerprint density at radius 2 is 2.05 bits per heavy atom. The van der Waals surface area contributed by atoms with Crippen molar-refractivity contribution in [1.29, 1.82) is 5.26 Å². The van der Waals surface area contributed by atoms with E-state index in [1.807, 2.05) is 4.90 Å². The third kappa shape index (κ3) is 2.76. The van der Waals surface area contributed by atoms with Gasteiger partial charge in [-0.15, -0.1) is 10.2 Å². The molecule has 2 rings (SSSR count). The van der Waals surface area contributed by atoms with Gasteiger partial charge in [0.25, 0.3) is 0 Å². The first-order chi connectivity index (χ1) is 9.29. The Morgan fingerprint density at radius 1 is 1.35 bits per heavy atom. The molecule has 1 aliphatic heterocycles. The van der Waals surface area contributed by atoms with Crippen LogP contribution in [0.3, 0.4) is 0 Å². The first kappa shape index (κ1) is 14.7. The van der Waals surface area contributed by atoms with Crippen LogP contribution in [-0.4, -0.2) is 45.3 Å². The number of aromatic nitrogens is 3. The predicted octanol–water partition coefficient (Wildman–Crippen LogP) is 0.614. The van der Waals surface area contributed by atoms with E-state index in [2.05, 4.69) is 21.6 Å².